The Hall–Kier alpha value is -14.1. The number of anilines is 2. The summed E-state index contributed by atoms with van der Waals surface area (Å²) in [6, 6.07) is -3.66. The molecule has 0 bridgehead atoms. The van der Waals surface area contributed by atoms with Gasteiger partial charge in [-0.05, 0) is 133 Å². The van der Waals surface area contributed by atoms with E-state index in [-0.39, 0.29) is 102 Å². The number of nitrogens with two attached hydrogens (primary N) is 2. The quantitative estimate of drug-likeness (QED) is 0.00382. The number of piperidine rings is 1. The first-order valence-electron chi connectivity index (χ1n) is 44.6. The number of aromatic nitrogens is 5. The number of ether oxygens (including phenoxy) is 3. The number of aliphatic carboxylic acids is 5. The van der Waals surface area contributed by atoms with Crippen molar-refractivity contribution in [2.24, 2.45) is 23.5 Å². The van der Waals surface area contributed by atoms with E-state index in [2.05, 4.69) is 83.6 Å². The number of aromatic amines is 1. The predicted octanol–water partition coefficient (Wildman–Crippen LogP) is 1.38. The van der Waals surface area contributed by atoms with Gasteiger partial charge in [0, 0.05) is 73.1 Å². The topological polar surface area (TPSA) is 767 Å². The van der Waals surface area contributed by atoms with Gasteiger partial charge in [-0.25, -0.2) is 34.8 Å². The minimum absolute atomic E-state index is 0.0179. The molecule has 11 amide bonds. The Morgan fingerprint density at radius 2 is 1.33 bits per heavy atom. The number of amides is 11. The molecule has 766 valence electrons. The number of carbonyl (C=O) groups is 18. The molecule has 5 aromatic rings. The molecule has 3 aromatic heterocycles. The highest BCUT2D eigenvalue weighted by Gasteiger charge is 2.44. The van der Waals surface area contributed by atoms with Crippen molar-refractivity contribution >= 4 is 169 Å². The number of guanidine groups is 1. The third kappa shape index (κ3) is 38.0. The molecule has 1 aliphatic heterocycles. The normalized spacial score (nSPS) is 15.1. The van der Waals surface area contributed by atoms with Crippen LogP contribution in [0, 0.1) is 23.2 Å². The van der Waals surface area contributed by atoms with Crippen molar-refractivity contribution in [2.75, 3.05) is 50.3 Å². The number of nitrogens with one attached hydrogen (secondary N) is 14. The standard InChI is InChI=1S/C87H122N22O28S3/c1-11-16-66(119)136-42-109(81(129)67(44(5)12-2)102-78(127)59-18-13-14-30-108(59)10)60(43(3)4)38-61(137-46(7)110)80-101-58(41-138-80)77(126)95-50(34-47-19-25-52(111)26-20-47)33-45(6)71(120)106-107-86(134)135-31-32-139-140-87(8,9)69(83(132)133)103-76(125)57(37-65(117)118)100-75(124)56(36-64(115)116)99-73(122)53(17-15-29-91-84(88)89)97-74(123)55(35-63(113)114)96-62(112)28-27-54(82(130)131)98-72(121)48-21-23-49(24-22-48)92-39-51-40-93-70-68(94-51)79(128)105-85(90)104-70/h19-26,40-41,43-45,50,53-57,59-61,67,69,92,111H,11-18,27-39,42H2,1-10H3,(H,95,126)(H,96,112)(H,97,123)(H,98,121)(H,99,122)(H,100,124)(H,102,127)(H,103,125)(H,106,120)(H,107,134)(H,113,114)(H,115,116)(H,117,118)(H,130,131)(H,132,133)(H4,88,89,91)(H3,90,93,104,105,128)/t44?,45-,50+,53+,54+,55+,56+,57+,59+,60+,61+,67-,69?/m0/s1. The molecule has 0 spiro atoms. The fourth-order valence-electron chi connectivity index (χ4n) is 14.3. The first kappa shape index (κ1) is 115. The second-order valence-corrected chi connectivity index (χ2v) is 37.9. The number of carbonyl (C=O) groups excluding carboxylic acids is 13. The Bertz CT molecular complexity index is 5290. The van der Waals surface area contributed by atoms with Gasteiger partial charge in [-0.15, -0.1) is 11.3 Å². The summed E-state index contributed by atoms with van der Waals surface area (Å²) in [5.74, 6) is -22.6. The number of benzene rings is 2. The van der Waals surface area contributed by atoms with Gasteiger partial charge in [-0.3, -0.25) is 97.4 Å². The number of carboxylic acids is 5. The maximum Gasteiger partial charge on any atom is 0.426 e. The lowest BCUT2D eigenvalue weighted by molar-refractivity contribution is -0.161. The van der Waals surface area contributed by atoms with Gasteiger partial charge in [0.25, 0.3) is 17.4 Å². The van der Waals surface area contributed by atoms with Crippen molar-refractivity contribution in [3.8, 4) is 5.75 Å². The molecule has 2 aromatic carbocycles. The summed E-state index contributed by atoms with van der Waals surface area (Å²) in [6.45, 7) is 14.2. The molecule has 6 rings (SSSR count). The third-order valence-corrected chi connectivity index (χ3v) is 26.2. The van der Waals surface area contributed by atoms with E-state index in [0.717, 1.165) is 45.8 Å². The van der Waals surface area contributed by atoms with Gasteiger partial charge in [-0.2, -0.15) is 4.98 Å². The largest absolute Gasteiger partial charge is 0.508 e. The number of H-pyrrole nitrogens is 1. The summed E-state index contributed by atoms with van der Waals surface area (Å²) in [7, 11) is 3.59. The van der Waals surface area contributed by atoms with Crippen LogP contribution in [0.3, 0.4) is 0 Å². The minimum Gasteiger partial charge on any atom is -0.508 e. The van der Waals surface area contributed by atoms with Gasteiger partial charge >= 0.3 is 47.9 Å². The molecule has 1 fully saturated rings. The number of likely N-dealkylation sites (N-methyl/N-ethyl adjacent to an activating group) is 1. The van der Waals surface area contributed by atoms with E-state index in [4.69, 9.17) is 31.1 Å². The lowest BCUT2D eigenvalue weighted by Gasteiger charge is -2.39. The second-order valence-electron chi connectivity index (χ2n) is 33.9. The molecule has 0 aliphatic carbocycles. The number of carboxylic acid groups (broad SMARTS) is 5. The van der Waals surface area contributed by atoms with Crippen molar-refractivity contribution in [1.82, 2.24) is 93.4 Å². The Balaban J connectivity index is 1.04. The Labute approximate surface area is 814 Å². The molecule has 13 atom stereocenters. The summed E-state index contributed by atoms with van der Waals surface area (Å²) in [4.78, 5) is 276. The number of aromatic hydroxyl groups is 1. The maximum atomic E-state index is 15.1. The number of hydrogen-bond acceptors (Lipinski definition) is 34. The van der Waals surface area contributed by atoms with Crippen LogP contribution in [0.25, 0.3) is 11.2 Å². The molecular weight excluding hydrogens is 1900 g/mol. The number of likely N-dealkylation sites (tertiary alicyclic amines) is 1. The van der Waals surface area contributed by atoms with E-state index in [1.54, 1.807) is 19.1 Å². The molecule has 50 nitrogen and oxygen atoms in total. The van der Waals surface area contributed by atoms with Crippen molar-refractivity contribution in [1.29, 1.82) is 5.41 Å². The van der Waals surface area contributed by atoms with Crippen molar-refractivity contribution in [3.05, 3.63) is 98.0 Å². The number of esters is 2. The van der Waals surface area contributed by atoms with E-state index in [9.17, 15) is 117 Å². The summed E-state index contributed by atoms with van der Waals surface area (Å²) >= 11 is 0.983. The van der Waals surface area contributed by atoms with Gasteiger partial charge in [0.1, 0.15) is 65.4 Å². The number of thiazole rings is 1. The number of phenols is 1. The third-order valence-electron chi connectivity index (χ3n) is 22.0. The van der Waals surface area contributed by atoms with Crippen molar-refractivity contribution < 1.29 is 131 Å². The average Bonchev–Trinajstić information content (AvgIpc) is 0.998. The summed E-state index contributed by atoms with van der Waals surface area (Å²) < 4.78 is 15.3. The smallest absolute Gasteiger partial charge is 0.426 e. The van der Waals surface area contributed by atoms with E-state index in [0.29, 0.717) is 42.8 Å². The molecule has 53 heteroatoms. The van der Waals surface area contributed by atoms with E-state index in [1.165, 1.54) is 80.6 Å². The van der Waals surface area contributed by atoms with Gasteiger partial charge in [-0.1, -0.05) is 88.1 Å². The monoisotopic (exact) mass is 2020 g/mol. The molecule has 1 aliphatic rings. The van der Waals surface area contributed by atoms with Gasteiger partial charge < -0.3 is 114 Å². The van der Waals surface area contributed by atoms with Crippen LogP contribution in [-0.2, 0) is 99.1 Å². The molecule has 140 heavy (non-hydrogen) atoms. The lowest BCUT2D eigenvalue weighted by Crippen LogP contribution is -2.60. The van der Waals surface area contributed by atoms with Crippen LogP contribution in [0.5, 0.6) is 5.75 Å². The molecule has 24 N–H and O–H groups in total. The second kappa shape index (κ2) is 56.1. The molecule has 1 saturated heterocycles. The molecule has 4 heterocycles. The van der Waals surface area contributed by atoms with E-state index >= 15 is 4.79 Å². The number of phenolic OH excluding ortho intramolecular Hbond substituents is 1. The van der Waals surface area contributed by atoms with Crippen molar-refractivity contribution in [2.45, 2.75) is 243 Å². The number of nitrogens with zero attached hydrogens (tertiary/aromatic N) is 6. The Kier molecular flexibility index (Phi) is 45.9. The summed E-state index contributed by atoms with van der Waals surface area (Å²) in [6.07, 6.45) is -3.56. The SMILES string of the molecule is CCCC(=O)OCN(C(=O)[C@@H](NC(=O)[C@H]1CCCCN1C)C(C)CC)[C@H](C[C@@H](OC(C)=O)c1nc(C(=O)N[C@@H](Cc2ccc(O)cc2)C[C@H](C)C(=O)NNC(=O)OCCSSC(C)(C)C(NC(=O)[C@@H](CC(=O)O)NC(=O)[C@@H](CC(=O)O)NC(=O)[C@@H](CCCNC(=N)N)NC(=O)[C@@H](CC(=O)O)NC(=O)CC[C@@H](NC(=O)c2ccc(NCc3cnc4nc(N)[nH]c(=O)c4n3)cc2)C(=O)O)C(=O)O)cs1)C(C)C. The van der Waals surface area contributed by atoms with Crippen LogP contribution in [0.15, 0.2) is 64.9 Å². The van der Waals surface area contributed by atoms with Gasteiger partial charge in [0.05, 0.1) is 48.5 Å². The first-order valence-corrected chi connectivity index (χ1v) is 47.8. The van der Waals surface area contributed by atoms with Crippen LogP contribution >= 0.6 is 32.9 Å². The fraction of sp³-hybridized carbons (Fsp3) is 0.540. The van der Waals surface area contributed by atoms with Crippen LogP contribution in [0.4, 0.5) is 16.4 Å². The highest BCUT2D eigenvalue weighted by atomic mass is 33.1. The van der Waals surface area contributed by atoms with E-state index in [1.807, 2.05) is 45.0 Å². The number of rotatable bonds is 57. The molecule has 0 saturated carbocycles. The highest BCUT2D eigenvalue weighted by molar-refractivity contribution is 8.77. The molecule has 0 radical (unpaired) electrons. The first-order chi connectivity index (χ1) is 66.1. The summed E-state index contributed by atoms with van der Waals surface area (Å²) in [5.41, 5.74) is 15.9. The zero-order chi connectivity index (χ0) is 104. The lowest BCUT2D eigenvalue weighted by atomic mass is 9.92. The van der Waals surface area contributed by atoms with Crippen molar-refractivity contribution in [3.63, 3.8) is 0 Å². The van der Waals surface area contributed by atoms with Crippen LogP contribution in [0.2, 0.25) is 0 Å². The van der Waals surface area contributed by atoms with Gasteiger partial charge in [0.2, 0.25) is 53.2 Å². The Morgan fingerprint density at radius 3 is 1.91 bits per heavy atom. The number of hydrogen-bond donors (Lipinski definition) is 22. The number of hydrazine groups is 1. The zero-order valence-electron chi connectivity index (χ0n) is 78.6. The predicted molar refractivity (Wildman–Crippen MR) is 505 cm³/mol. The van der Waals surface area contributed by atoms with Gasteiger partial charge in [0.15, 0.2) is 30.0 Å². The maximum absolute atomic E-state index is 15.1. The molecule has 2 unspecified atom stereocenters. The minimum atomic E-state index is -2.25. The van der Waals surface area contributed by atoms with Crippen LogP contribution < -0.4 is 81.0 Å². The Morgan fingerprint density at radius 1 is 0.707 bits per heavy atom. The number of nitrogen functional groups attached to an aromatic ring is 1. The average molecular weight is 2020 g/mol. The number of fused-ring (bicyclic) bond motifs is 1. The zero-order valence-corrected chi connectivity index (χ0v) is 81.1. The van der Waals surface area contributed by atoms with Crippen LogP contribution in [-0.4, -0.2) is 283 Å². The summed E-state index contributed by atoms with van der Waals surface area (Å²) in [5, 5.41) is 93.6. The van der Waals surface area contributed by atoms with E-state index < -0.39 is 248 Å². The van der Waals surface area contributed by atoms with Crippen LogP contribution in [0.1, 0.15) is 202 Å². The fourth-order valence-corrected chi connectivity index (χ4v) is 17.6. The molecular formula is C87H122N22O28S3. The highest BCUT2D eigenvalue weighted by Crippen LogP contribution is 2.39.